The van der Waals surface area contributed by atoms with Gasteiger partial charge in [0.2, 0.25) is 0 Å². The smallest absolute Gasteiger partial charge is 0.0832 e. The molecule has 0 amide bonds. The van der Waals surface area contributed by atoms with Crippen molar-refractivity contribution < 1.29 is 4.74 Å². The summed E-state index contributed by atoms with van der Waals surface area (Å²) in [6, 6.07) is 13.1. The van der Waals surface area contributed by atoms with Crippen LogP contribution in [0.2, 0.25) is 0 Å². The van der Waals surface area contributed by atoms with Crippen LogP contribution in [-0.2, 0) is 16.7 Å². The molecule has 2 aromatic rings. The number of pyridine rings is 1. The summed E-state index contributed by atoms with van der Waals surface area (Å²) in [5, 5.41) is 0. The van der Waals surface area contributed by atoms with E-state index in [1.165, 1.54) is 35.2 Å². The number of nitrogens with zero attached hydrogens (tertiary/aromatic N) is 2. The predicted octanol–water partition coefficient (Wildman–Crippen LogP) is 4.02. The molecule has 0 bridgehead atoms. The zero-order valence-electron chi connectivity index (χ0n) is 14.7. The highest BCUT2D eigenvalue weighted by Crippen LogP contribution is 2.52. The summed E-state index contributed by atoms with van der Waals surface area (Å²) in [4.78, 5) is 7.01. The van der Waals surface area contributed by atoms with Crippen LogP contribution in [0, 0.1) is 6.92 Å². The lowest BCUT2D eigenvalue weighted by Gasteiger charge is -2.40. The fraction of sp³-hybridized carbons (Fsp3) is 0.476. The predicted molar refractivity (Wildman–Crippen MR) is 96.0 cm³/mol. The van der Waals surface area contributed by atoms with Crippen molar-refractivity contribution in [3.63, 3.8) is 0 Å². The number of likely N-dealkylation sites (tertiary alicyclic amines) is 1. The standard InChI is InChI=1S/C21H26N2O/c1-16-6-7-19-18(13-16)20(24-2)14-21(19)8-11-23(12-9-21)15-17-5-3-4-10-22-17/h3-7,10,13,20H,8-9,11-12,14-15H2,1-2H3. The summed E-state index contributed by atoms with van der Waals surface area (Å²) >= 11 is 0. The van der Waals surface area contributed by atoms with Crippen LogP contribution in [0.15, 0.2) is 42.6 Å². The maximum Gasteiger partial charge on any atom is 0.0832 e. The molecule has 1 atom stereocenters. The Hall–Kier alpha value is -1.71. The van der Waals surface area contributed by atoms with Crippen LogP contribution in [0.25, 0.3) is 0 Å². The number of hydrogen-bond donors (Lipinski definition) is 0. The van der Waals surface area contributed by atoms with Gasteiger partial charge in [0.05, 0.1) is 11.8 Å². The molecule has 3 heteroatoms. The first-order valence-corrected chi connectivity index (χ1v) is 8.96. The van der Waals surface area contributed by atoms with E-state index in [0.29, 0.717) is 5.41 Å². The van der Waals surface area contributed by atoms with Crippen LogP contribution in [0.5, 0.6) is 0 Å². The Balaban J connectivity index is 1.51. The van der Waals surface area contributed by atoms with Gasteiger partial charge < -0.3 is 4.74 Å². The zero-order valence-corrected chi connectivity index (χ0v) is 14.7. The lowest BCUT2D eigenvalue weighted by molar-refractivity contribution is 0.0685. The van der Waals surface area contributed by atoms with E-state index in [0.717, 1.165) is 26.1 Å². The highest BCUT2D eigenvalue weighted by atomic mass is 16.5. The number of piperidine rings is 1. The van der Waals surface area contributed by atoms with Crippen molar-refractivity contribution >= 4 is 0 Å². The molecular weight excluding hydrogens is 296 g/mol. The molecule has 2 aliphatic rings. The number of ether oxygens (including phenoxy) is 1. The number of aryl methyl sites for hydroxylation is 1. The molecule has 2 heterocycles. The normalized spacial score (nSPS) is 22.7. The van der Waals surface area contributed by atoms with Gasteiger partial charge in [-0.1, -0.05) is 29.8 Å². The second-order valence-electron chi connectivity index (χ2n) is 7.40. The summed E-state index contributed by atoms with van der Waals surface area (Å²) in [6.07, 6.45) is 5.73. The number of hydrogen-bond acceptors (Lipinski definition) is 3. The van der Waals surface area contributed by atoms with E-state index >= 15 is 0 Å². The maximum atomic E-state index is 5.82. The number of aromatic nitrogens is 1. The molecule has 1 spiro atoms. The Morgan fingerprint density at radius 1 is 1.21 bits per heavy atom. The van der Waals surface area contributed by atoms with Gasteiger partial charge in [-0.25, -0.2) is 0 Å². The van der Waals surface area contributed by atoms with E-state index in [4.69, 9.17) is 4.74 Å². The summed E-state index contributed by atoms with van der Waals surface area (Å²) in [6.45, 7) is 5.42. The van der Waals surface area contributed by atoms with Crippen molar-refractivity contribution in [1.29, 1.82) is 0 Å². The van der Waals surface area contributed by atoms with E-state index in [9.17, 15) is 0 Å². The monoisotopic (exact) mass is 322 g/mol. The molecule has 1 aromatic heterocycles. The first-order chi connectivity index (χ1) is 11.7. The Labute approximate surface area is 144 Å². The molecule has 1 aliphatic heterocycles. The fourth-order valence-electron chi connectivity index (χ4n) is 4.55. The fourth-order valence-corrected chi connectivity index (χ4v) is 4.55. The van der Waals surface area contributed by atoms with Crippen molar-refractivity contribution in [2.24, 2.45) is 0 Å². The average Bonchev–Trinajstić information content (AvgIpc) is 2.91. The molecule has 1 fully saturated rings. The van der Waals surface area contributed by atoms with Crippen molar-refractivity contribution in [3.05, 3.63) is 65.0 Å². The first-order valence-electron chi connectivity index (χ1n) is 8.96. The van der Waals surface area contributed by atoms with Crippen molar-refractivity contribution in [2.45, 2.75) is 44.2 Å². The highest BCUT2D eigenvalue weighted by Gasteiger charge is 2.45. The summed E-state index contributed by atoms with van der Waals surface area (Å²) in [5.74, 6) is 0. The molecule has 4 rings (SSSR count). The highest BCUT2D eigenvalue weighted by molar-refractivity contribution is 5.44. The van der Waals surface area contributed by atoms with Gasteiger partial charge in [-0.15, -0.1) is 0 Å². The van der Waals surface area contributed by atoms with E-state index in [2.05, 4.69) is 47.1 Å². The first kappa shape index (κ1) is 15.8. The van der Waals surface area contributed by atoms with Crippen LogP contribution in [-0.4, -0.2) is 30.1 Å². The van der Waals surface area contributed by atoms with Gasteiger partial charge in [0, 0.05) is 25.3 Å². The Kier molecular flexibility index (Phi) is 4.15. The van der Waals surface area contributed by atoms with Gasteiger partial charge in [-0.05, 0) is 62.5 Å². The Morgan fingerprint density at radius 3 is 2.75 bits per heavy atom. The van der Waals surface area contributed by atoms with Gasteiger partial charge in [-0.3, -0.25) is 9.88 Å². The Bertz CT molecular complexity index is 705. The minimum atomic E-state index is 0.266. The molecule has 1 aliphatic carbocycles. The van der Waals surface area contributed by atoms with Gasteiger partial charge in [0.25, 0.3) is 0 Å². The third-order valence-corrected chi connectivity index (χ3v) is 5.91. The van der Waals surface area contributed by atoms with E-state index in [1.54, 1.807) is 0 Å². The molecule has 1 unspecified atom stereocenters. The van der Waals surface area contributed by atoms with Crippen LogP contribution < -0.4 is 0 Å². The molecular formula is C21H26N2O. The van der Waals surface area contributed by atoms with Gasteiger partial charge in [0.15, 0.2) is 0 Å². The van der Waals surface area contributed by atoms with Gasteiger partial charge in [-0.2, -0.15) is 0 Å². The average molecular weight is 322 g/mol. The van der Waals surface area contributed by atoms with Crippen molar-refractivity contribution in [2.75, 3.05) is 20.2 Å². The topological polar surface area (TPSA) is 25.4 Å². The van der Waals surface area contributed by atoms with Crippen molar-refractivity contribution in [3.8, 4) is 0 Å². The maximum absolute atomic E-state index is 5.82. The third-order valence-electron chi connectivity index (χ3n) is 5.91. The van der Waals surface area contributed by atoms with E-state index in [-0.39, 0.29) is 6.10 Å². The summed E-state index contributed by atoms with van der Waals surface area (Å²) in [7, 11) is 1.85. The second kappa shape index (κ2) is 6.30. The molecule has 24 heavy (non-hydrogen) atoms. The Morgan fingerprint density at radius 2 is 2.04 bits per heavy atom. The molecule has 0 radical (unpaired) electrons. The summed E-state index contributed by atoms with van der Waals surface area (Å²) in [5.41, 5.74) is 5.78. The number of benzene rings is 1. The van der Waals surface area contributed by atoms with Crippen LogP contribution >= 0.6 is 0 Å². The van der Waals surface area contributed by atoms with E-state index in [1.807, 2.05) is 19.4 Å². The summed E-state index contributed by atoms with van der Waals surface area (Å²) < 4.78 is 5.82. The quantitative estimate of drug-likeness (QED) is 0.853. The SMILES string of the molecule is COC1CC2(CCN(Cc3ccccn3)CC2)c2ccc(C)cc21. The van der Waals surface area contributed by atoms with Crippen molar-refractivity contribution in [1.82, 2.24) is 9.88 Å². The zero-order chi connectivity index (χ0) is 16.6. The molecule has 0 saturated carbocycles. The minimum Gasteiger partial charge on any atom is -0.377 e. The molecule has 3 nitrogen and oxygen atoms in total. The molecule has 126 valence electrons. The number of methoxy groups -OCH3 is 1. The largest absolute Gasteiger partial charge is 0.377 e. The lowest BCUT2D eigenvalue weighted by atomic mass is 9.73. The molecule has 1 aromatic carbocycles. The van der Waals surface area contributed by atoms with Gasteiger partial charge in [0.1, 0.15) is 0 Å². The third kappa shape index (κ3) is 2.76. The minimum absolute atomic E-state index is 0.266. The lowest BCUT2D eigenvalue weighted by Crippen LogP contribution is -2.41. The van der Waals surface area contributed by atoms with Crippen LogP contribution in [0.1, 0.15) is 47.8 Å². The number of rotatable bonds is 3. The van der Waals surface area contributed by atoms with Crippen LogP contribution in [0.4, 0.5) is 0 Å². The second-order valence-corrected chi connectivity index (χ2v) is 7.40. The molecule has 1 saturated heterocycles. The molecule has 0 N–H and O–H groups in total. The van der Waals surface area contributed by atoms with E-state index < -0.39 is 0 Å². The van der Waals surface area contributed by atoms with Crippen LogP contribution in [0.3, 0.4) is 0 Å². The number of fused-ring (bicyclic) bond motifs is 2. The van der Waals surface area contributed by atoms with Gasteiger partial charge >= 0.3 is 0 Å².